The highest BCUT2D eigenvalue weighted by molar-refractivity contribution is 5.78. The van der Waals surface area contributed by atoms with Crippen molar-refractivity contribution in [2.24, 2.45) is 5.73 Å². The number of nitrogens with two attached hydrogens (primary N) is 1. The zero-order chi connectivity index (χ0) is 11.5. The van der Waals surface area contributed by atoms with Gasteiger partial charge in [-0.3, -0.25) is 9.69 Å². The first-order valence-corrected chi connectivity index (χ1v) is 5.74. The molecule has 1 saturated carbocycles. The second-order valence-corrected chi connectivity index (χ2v) is 4.87. The number of carbonyl (C=O) groups is 1. The molecule has 1 aliphatic rings. The van der Waals surface area contributed by atoms with Crippen LogP contribution in [-0.4, -0.2) is 42.0 Å². The van der Waals surface area contributed by atoms with Gasteiger partial charge in [-0.25, -0.2) is 0 Å². The lowest BCUT2D eigenvalue weighted by atomic mass is 10.0. The largest absolute Gasteiger partial charge is 0.352 e. The molecule has 88 valence electrons. The molecule has 3 N–H and O–H groups in total. The van der Waals surface area contributed by atoms with Gasteiger partial charge < -0.3 is 11.1 Å². The molecule has 0 aliphatic heterocycles. The maximum absolute atomic E-state index is 11.6. The Morgan fingerprint density at radius 2 is 2.13 bits per heavy atom. The van der Waals surface area contributed by atoms with Crippen LogP contribution in [-0.2, 0) is 4.79 Å². The first kappa shape index (κ1) is 12.5. The Kier molecular flexibility index (Phi) is 4.11. The molecule has 15 heavy (non-hydrogen) atoms. The molecular formula is C11H23N3O. The van der Waals surface area contributed by atoms with E-state index in [0.29, 0.717) is 19.1 Å². The summed E-state index contributed by atoms with van der Waals surface area (Å²) < 4.78 is 0. The molecule has 0 aromatic carbocycles. The molecule has 0 heterocycles. The van der Waals surface area contributed by atoms with Crippen molar-refractivity contribution in [3.8, 4) is 0 Å². The standard InChI is InChI=1S/C11H23N3O/c1-4-14(11(2,3)8-12)7-10(15)13-9-5-6-9/h9H,4-8,12H2,1-3H3,(H,13,15). The smallest absolute Gasteiger partial charge is 0.234 e. The summed E-state index contributed by atoms with van der Waals surface area (Å²) in [7, 11) is 0. The molecule has 0 spiro atoms. The zero-order valence-corrected chi connectivity index (χ0v) is 10.0. The Morgan fingerprint density at radius 3 is 2.53 bits per heavy atom. The molecule has 0 bridgehead atoms. The van der Waals surface area contributed by atoms with E-state index in [2.05, 4.69) is 31.0 Å². The van der Waals surface area contributed by atoms with Crippen LogP contribution in [0.1, 0.15) is 33.6 Å². The molecule has 4 heteroatoms. The number of nitrogens with one attached hydrogen (secondary N) is 1. The van der Waals surface area contributed by atoms with Gasteiger partial charge in [0.25, 0.3) is 0 Å². The number of hydrogen-bond donors (Lipinski definition) is 2. The topological polar surface area (TPSA) is 58.4 Å². The van der Waals surface area contributed by atoms with Gasteiger partial charge in [0.2, 0.25) is 5.91 Å². The maximum atomic E-state index is 11.6. The van der Waals surface area contributed by atoms with E-state index >= 15 is 0 Å². The number of likely N-dealkylation sites (N-methyl/N-ethyl adjacent to an activating group) is 1. The summed E-state index contributed by atoms with van der Waals surface area (Å²) in [6.45, 7) is 8.07. The fourth-order valence-corrected chi connectivity index (χ4v) is 1.56. The van der Waals surface area contributed by atoms with Crippen molar-refractivity contribution in [1.29, 1.82) is 0 Å². The summed E-state index contributed by atoms with van der Waals surface area (Å²) >= 11 is 0. The fraction of sp³-hybridized carbons (Fsp3) is 0.909. The van der Waals surface area contributed by atoms with Gasteiger partial charge in [-0.2, -0.15) is 0 Å². The molecule has 0 atom stereocenters. The Labute approximate surface area is 92.2 Å². The van der Waals surface area contributed by atoms with Crippen molar-refractivity contribution >= 4 is 5.91 Å². The number of nitrogens with zero attached hydrogens (tertiary/aromatic N) is 1. The van der Waals surface area contributed by atoms with Crippen LogP contribution >= 0.6 is 0 Å². The summed E-state index contributed by atoms with van der Waals surface area (Å²) in [4.78, 5) is 13.7. The van der Waals surface area contributed by atoms with E-state index in [1.54, 1.807) is 0 Å². The lowest BCUT2D eigenvalue weighted by Crippen LogP contribution is -2.52. The Morgan fingerprint density at radius 1 is 1.53 bits per heavy atom. The monoisotopic (exact) mass is 213 g/mol. The van der Waals surface area contributed by atoms with E-state index in [0.717, 1.165) is 19.4 Å². The van der Waals surface area contributed by atoms with Crippen LogP contribution in [0, 0.1) is 0 Å². The third kappa shape index (κ3) is 3.80. The number of amides is 1. The Hall–Kier alpha value is -0.610. The summed E-state index contributed by atoms with van der Waals surface area (Å²) in [5.74, 6) is 0.126. The van der Waals surface area contributed by atoms with Crippen molar-refractivity contribution in [1.82, 2.24) is 10.2 Å². The SMILES string of the molecule is CCN(CC(=O)NC1CC1)C(C)(C)CN. The minimum atomic E-state index is -0.102. The molecule has 0 unspecified atom stereocenters. The van der Waals surface area contributed by atoms with E-state index in [1.165, 1.54) is 0 Å². The van der Waals surface area contributed by atoms with Gasteiger partial charge in [0.1, 0.15) is 0 Å². The average Bonchev–Trinajstić information content (AvgIpc) is 2.97. The minimum Gasteiger partial charge on any atom is -0.352 e. The van der Waals surface area contributed by atoms with E-state index in [4.69, 9.17) is 5.73 Å². The molecule has 4 nitrogen and oxygen atoms in total. The van der Waals surface area contributed by atoms with Crippen LogP contribution in [0.25, 0.3) is 0 Å². The maximum Gasteiger partial charge on any atom is 0.234 e. The highest BCUT2D eigenvalue weighted by atomic mass is 16.2. The predicted octanol–water partition coefficient (Wildman–Crippen LogP) is 0.324. The summed E-state index contributed by atoms with van der Waals surface area (Å²) in [5.41, 5.74) is 5.60. The van der Waals surface area contributed by atoms with Gasteiger partial charge in [-0.05, 0) is 33.2 Å². The van der Waals surface area contributed by atoms with Crippen LogP contribution in [0.4, 0.5) is 0 Å². The molecule has 0 saturated heterocycles. The first-order valence-electron chi connectivity index (χ1n) is 5.74. The van der Waals surface area contributed by atoms with Gasteiger partial charge >= 0.3 is 0 Å². The predicted molar refractivity (Wildman–Crippen MR) is 61.5 cm³/mol. The highest BCUT2D eigenvalue weighted by Crippen LogP contribution is 2.19. The molecule has 1 amide bonds. The Bertz CT molecular complexity index is 224. The van der Waals surface area contributed by atoms with Gasteiger partial charge in [-0.1, -0.05) is 6.92 Å². The van der Waals surface area contributed by atoms with Crippen LogP contribution in [0.3, 0.4) is 0 Å². The van der Waals surface area contributed by atoms with Crippen LogP contribution in [0.15, 0.2) is 0 Å². The van der Waals surface area contributed by atoms with E-state index in [-0.39, 0.29) is 11.4 Å². The van der Waals surface area contributed by atoms with Crippen LogP contribution < -0.4 is 11.1 Å². The van der Waals surface area contributed by atoms with E-state index in [9.17, 15) is 4.79 Å². The van der Waals surface area contributed by atoms with E-state index in [1.807, 2.05) is 0 Å². The van der Waals surface area contributed by atoms with Crippen molar-refractivity contribution < 1.29 is 4.79 Å². The minimum absolute atomic E-state index is 0.102. The molecule has 0 radical (unpaired) electrons. The fourth-order valence-electron chi connectivity index (χ4n) is 1.56. The summed E-state index contributed by atoms with van der Waals surface area (Å²) in [5, 5.41) is 2.99. The van der Waals surface area contributed by atoms with E-state index < -0.39 is 0 Å². The van der Waals surface area contributed by atoms with Crippen molar-refractivity contribution in [3.05, 3.63) is 0 Å². The highest BCUT2D eigenvalue weighted by Gasteiger charge is 2.28. The lowest BCUT2D eigenvalue weighted by molar-refractivity contribution is -0.123. The van der Waals surface area contributed by atoms with Crippen molar-refractivity contribution in [3.63, 3.8) is 0 Å². The lowest BCUT2D eigenvalue weighted by Gasteiger charge is -2.36. The zero-order valence-electron chi connectivity index (χ0n) is 10.0. The molecule has 1 fully saturated rings. The molecule has 1 aliphatic carbocycles. The van der Waals surface area contributed by atoms with Gasteiger partial charge in [0.15, 0.2) is 0 Å². The average molecular weight is 213 g/mol. The third-order valence-corrected chi connectivity index (χ3v) is 3.01. The molecular weight excluding hydrogens is 190 g/mol. The van der Waals surface area contributed by atoms with Crippen molar-refractivity contribution in [2.45, 2.75) is 45.2 Å². The van der Waals surface area contributed by atoms with Crippen molar-refractivity contribution in [2.75, 3.05) is 19.6 Å². The quantitative estimate of drug-likeness (QED) is 0.668. The van der Waals surface area contributed by atoms with Crippen LogP contribution in [0.5, 0.6) is 0 Å². The number of rotatable bonds is 6. The summed E-state index contributed by atoms with van der Waals surface area (Å²) in [6, 6.07) is 0.442. The number of carbonyl (C=O) groups excluding carboxylic acids is 1. The normalized spacial score (nSPS) is 16.9. The first-order chi connectivity index (χ1) is 6.99. The number of hydrogen-bond acceptors (Lipinski definition) is 3. The van der Waals surface area contributed by atoms with Gasteiger partial charge in [0, 0.05) is 18.1 Å². The second-order valence-electron chi connectivity index (χ2n) is 4.87. The molecule has 0 aromatic rings. The summed E-state index contributed by atoms with van der Waals surface area (Å²) in [6.07, 6.45) is 2.27. The Balaban J connectivity index is 2.40. The second kappa shape index (κ2) is 4.94. The molecule has 0 aromatic heterocycles. The third-order valence-electron chi connectivity index (χ3n) is 3.01. The molecule has 1 rings (SSSR count). The van der Waals surface area contributed by atoms with Crippen LogP contribution in [0.2, 0.25) is 0 Å². The van der Waals surface area contributed by atoms with Gasteiger partial charge in [0.05, 0.1) is 6.54 Å². The van der Waals surface area contributed by atoms with Gasteiger partial charge in [-0.15, -0.1) is 0 Å².